The molecular weight excluding hydrogens is 306 g/mol. The molecule has 6 heteroatoms. The molecule has 3 rings (SSSR count). The van der Waals surface area contributed by atoms with Crippen LogP contribution in [0, 0.1) is 13.8 Å². The third kappa shape index (κ3) is 2.67. The SMILES string of the molecule is CC(=O)CC(=O)c1c(C)[nH]n(-c2cc(C)c3ccccc3n2)c1=O. The van der Waals surface area contributed by atoms with E-state index in [-0.39, 0.29) is 17.8 Å². The molecule has 0 saturated carbocycles. The van der Waals surface area contributed by atoms with E-state index < -0.39 is 11.3 Å². The van der Waals surface area contributed by atoms with Crippen molar-refractivity contribution in [3.63, 3.8) is 0 Å². The summed E-state index contributed by atoms with van der Waals surface area (Å²) in [7, 11) is 0. The average molecular weight is 323 g/mol. The van der Waals surface area contributed by atoms with Gasteiger partial charge in [-0.05, 0) is 38.5 Å². The number of H-pyrrole nitrogens is 1. The van der Waals surface area contributed by atoms with Gasteiger partial charge in [-0.3, -0.25) is 19.5 Å². The van der Waals surface area contributed by atoms with Crippen LogP contribution in [0.15, 0.2) is 35.1 Å². The van der Waals surface area contributed by atoms with Gasteiger partial charge in [-0.1, -0.05) is 18.2 Å². The number of fused-ring (bicyclic) bond motifs is 1. The van der Waals surface area contributed by atoms with Crippen LogP contribution in [0.3, 0.4) is 0 Å². The van der Waals surface area contributed by atoms with Crippen molar-refractivity contribution in [3.8, 4) is 5.82 Å². The minimum absolute atomic E-state index is 0.0119. The summed E-state index contributed by atoms with van der Waals surface area (Å²) in [5.74, 6) is -0.329. The van der Waals surface area contributed by atoms with Crippen molar-refractivity contribution >= 4 is 22.5 Å². The molecule has 2 aromatic heterocycles. The van der Waals surface area contributed by atoms with Crippen molar-refractivity contribution < 1.29 is 9.59 Å². The maximum absolute atomic E-state index is 12.6. The molecule has 0 bridgehead atoms. The number of aryl methyl sites for hydroxylation is 2. The first-order chi connectivity index (χ1) is 11.4. The lowest BCUT2D eigenvalue weighted by Gasteiger charge is -2.06. The van der Waals surface area contributed by atoms with Gasteiger partial charge in [0.2, 0.25) is 0 Å². The number of hydrogen-bond donors (Lipinski definition) is 1. The number of aromatic nitrogens is 3. The van der Waals surface area contributed by atoms with E-state index in [9.17, 15) is 14.4 Å². The van der Waals surface area contributed by atoms with Crippen molar-refractivity contribution in [3.05, 3.63) is 57.5 Å². The van der Waals surface area contributed by atoms with E-state index in [2.05, 4.69) is 10.1 Å². The lowest BCUT2D eigenvalue weighted by molar-refractivity contribution is -0.116. The molecule has 122 valence electrons. The average Bonchev–Trinajstić information content (AvgIpc) is 2.81. The third-order valence-corrected chi connectivity index (χ3v) is 3.90. The lowest BCUT2D eigenvalue weighted by atomic mass is 10.1. The molecule has 0 radical (unpaired) electrons. The summed E-state index contributed by atoms with van der Waals surface area (Å²) in [6, 6.07) is 9.43. The van der Waals surface area contributed by atoms with E-state index in [1.165, 1.54) is 11.6 Å². The molecule has 0 atom stereocenters. The Balaban J connectivity index is 2.16. The molecule has 0 spiro atoms. The zero-order valence-corrected chi connectivity index (χ0v) is 13.7. The van der Waals surface area contributed by atoms with Crippen LogP contribution in [0.25, 0.3) is 16.7 Å². The molecule has 0 unspecified atom stereocenters. The van der Waals surface area contributed by atoms with Gasteiger partial charge in [0.1, 0.15) is 11.3 Å². The molecule has 1 N–H and O–H groups in total. The van der Waals surface area contributed by atoms with Crippen molar-refractivity contribution in [1.29, 1.82) is 0 Å². The molecule has 0 saturated heterocycles. The fraction of sp³-hybridized carbons (Fsp3) is 0.222. The van der Waals surface area contributed by atoms with Gasteiger partial charge in [0, 0.05) is 11.1 Å². The summed E-state index contributed by atoms with van der Waals surface area (Å²) in [6.07, 6.45) is -0.280. The summed E-state index contributed by atoms with van der Waals surface area (Å²) >= 11 is 0. The Morgan fingerprint density at radius 2 is 1.92 bits per heavy atom. The molecule has 0 aliphatic heterocycles. The highest BCUT2D eigenvalue weighted by Crippen LogP contribution is 2.19. The quantitative estimate of drug-likeness (QED) is 0.590. The van der Waals surface area contributed by atoms with Gasteiger partial charge in [-0.15, -0.1) is 0 Å². The van der Waals surface area contributed by atoms with Crippen LogP contribution in [-0.2, 0) is 4.79 Å². The Morgan fingerprint density at radius 1 is 1.21 bits per heavy atom. The first kappa shape index (κ1) is 15.9. The number of pyridine rings is 1. The fourth-order valence-corrected chi connectivity index (χ4v) is 2.80. The fourth-order valence-electron chi connectivity index (χ4n) is 2.80. The normalized spacial score (nSPS) is 11.0. The number of ketones is 2. The number of carbonyl (C=O) groups excluding carboxylic acids is 2. The molecule has 3 aromatic rings. The van der Waals surface area contributed by atoms with Gasteiger partial charge in [0.15, 0.2) is 11.6 Å². The van der Waals surface area contributed by atoms with E-state index in [4.69, 9.17) is 0 Å². The van der Waals surface area contributed by atoms with Gasteiger partial charge >= 0.3 is 0 Å². The molecular formula is C18H17N3O3. The largest absolute Gasteiger partial charge is 0.300 e. The summed E-state index contributed by atoms with van der Waals surface area (Å²) in [4.78, 5) is 40.4. The van der Waals surface area contributed by atoms with Crippen molar-refractivity contribution in [1.82, 2.24) is 14.8 Å². The number of rotatable bonds is 4. The number of nitrogens with one attached hydrogen (secondary N) is 1. The van der Waals surface area contributed by atoms with Gasteiger partial charge < -0.3 is 0 Å². The van der Waals surface area contributed by atoms with Crippen molar-refractivity contribution in [2.24, 2.45) is 0 Å². The highest BCUT2D eigenvalue weighted by molar-refractivity contribution is 6.07. The Labute approximate surface area is 138 Å². The van der Waals surface area contributed by atoms with Crippen LogP contribution in [0.5, 0.6) is 0 Å². The second-order valence-corrected chi connectivity index (χ2v) is 5.87. The van der Waals surface area contributed by atoms with E-state index in [0.717, 1.165) is 16.5 Å². The first-order valence-corrected chi connectivity index (χ1v) is 7.59. The zero-order valence-electron chi connectivity index (χ0n) is 13.7. The van der Waals surface area contributed by atoms with Crippen LogP contribution in [0.1, 0.15) is 35.0 Å². The number of nitrogens with zero attached hydrogens (tertiary/aromatic N) is 2. The second-order valence-electron chi connectivity index (χ2n) is 5.87. The van der Waals surface area contributed by atoms with Crippen LogP contribution in [0.4, 0.5) is 0 Å². The van der Waals surface area contributed by atoms with Crippen LogP contribution >= 0.6 is 0 Å². The molecule has 0 aliphatic rings. The number of carbonyl (C=O) groups is 2. The monoisotopic (exact) mass is 323 g/mol. The molecule has 0 fully saturated rings. The molecule has 2 heterocycles. The van der Waals surface area contributed by atoms with Gasteiger partial charge in [-0.2, -0.15) is 0 Å². The maximum atomic E-state index is 12.6. The van der Waals surface area contributed by atoms with Crippen molar-refractivity contribution in [2.75, 3.05) is 0 Å². The zero-order chi connectivity index (χ0) is 17.4. The number of benzene rings is 1. The number of para-hydroxylation sites is 1. The highest BCUT2D eigenvalue weighted by atomic mass is 16.2. The van der Waals surface area contributed by atoms with Crippen molar-refractivity contribution in [2.45, 2.75) is 27.2 Å². The van der Waals surface area contributed by atoms with Crippen LogP contribution < -0.4 is 5.56 Å². The van der Waals surface area contributed by atoms with Crippen LogP contribution in [0.2, 0.25) is 0 Å². The minimum atomic E-state index is -0.485. The molecule has 0 aliphatic carbocycles. The van der Waals surface area contributed by atoms with Crippen LogP contribution in [-0.4, -0.2) is 26.3 Å². The van der Waals surface area contributed by atoms with E-state index in [1.807, 2.05) is 31.2 Å². The maximum Gasteiger partial charge on any atom is 0.283 e. The molecule has 6 nitrogen and oxygen atoms in total. The minimum Gasteiger partial charge on any atom is -0.300 e. The smallest absolute Gasteiger partial charge is 0.283 e. The predicted octanol–water partition coefficient (Wildman–Crippen LogP) is 2.49. The first-order valence-electron chi connectivity index (χ1n) is 7.59. The Hall–Kier alpha value is -3.02. The van der Waals surface area contributed by atoms with Gasteiger partial charge in [0.05, 0.1) is 11.9 Å². The van der Waals surface area contributed by atoms with E-state index in [0.29, 0.717) is 11.5 Å². The summed E-state index contributed by atoms with van der Waals surface area (Å²) < 4.78 is 1.25. The standard InChI is InChI=1S/C18H17N3O3/c1-10-8-16(19-14-7-5-4-6-13(10)14)21-18(24)17(12(3)20-21)15(23)9-11(2)22/h4-8,20H,9H2,1-3H3. The Morgan fingerprint density at radius 3 is 2.62 bits per heavy atom. The van der Waals surface area contributed by atoms with Gasteiger partial charge in [-0.25, -0.2) is 9.67 Å². The Bertz CT molecular complexity index is 1030. The van der Waals surface area contributed by atoms with E-state index in [1.54, 1.807) is 13.0 Å². The van der Waals surface area contributed by atoms with Gasteiger partial charge in [0.25, 0.3) is 5.56 Å². The summed E-state index contributed by atoms with van der Waals surface area (Å²) in [5.41, 5.74) is 1.70. The number of hydrogen-bond acceptors (Lipinski definition) is 4. The molecule has 24 heavy (non-hydrogen) atoms. The highest BCUT2D eigenvalue weighted by Gasteiger charge is 2.21. The van der Waals surface area contributed by atoms with E-state index >= 15 is 0 Å². The molecule has 1 aromatic carbocycles. The lowest BCUT2D eigenvalue weighted by Crippen LogP contribution is -2.22. The molecule has 0 amide bonds. The Kier molecular flexibility index (Phi) is 3.89. The number of Topliss-reactive ketones (excluding diaryl/α,β-unsaturated/α-hetero) is 2. The third-order valence-electron chi connectivity index (χ3n) is 3.90. The number of aromatic amines is 1. The predicted molar refractivity (Wildman–Crippen MR) is 90.8 cm³/mol. The summed E-state index contributed by atoms with van der Waals surface area (Å²) in [5, 5.41) is 3.89. The topological polar surface area (TPSA) is 84.8 Å². The summed E-state index contributed by atoms with van der Waals surface area (Å²) in [6.45, 7) is 4.90. The second kappa shape index (κ2) is 5.88.